The number of carboxylic acids is 1. The van der Waals surface area contributed by atoms with Crippen molar-refractivity contribution in [1.82, 2.24) is 4.90 Å². The number of hydrogen-bond donors (Lipinski definition) is 1. The topological polar surface area (TPSA) is 59.0 Å². The second-order valence-corrected chi connectivity index (χ2v) is 4.04. The lowest BCUT2D eigenvalue weighted by Gasteiger charge is -2.28. The fourth-order valence-electron chi connectivity index (χ4n) is 1.83. The molecule has 1 aliphatic rings. The summed E-state index contributed by atoms with van der Waals surface area (Å²) < 4.78 is 10.4. The Morgan fingerprint density at radius 3 is 2.87 bits per heavy atom. The van der Waals surface area contributed by atoms with Gasteiger partial charge in [-0.25, -0.2) is 0 Å². The molecule has 1 saturated heterocycles. The second kappa shape index (κ2) is 5.44. The number of carboxylic acid groups (broad SMARTS) is 1. The zero-order valence-corrected chi connectivity index (χ0v) is 9.47. The Balaban J connectivity index is 2.50. The SMILES string of the molecule is COC(C)CN(C)C1COCC1C(=O)O. The highest BCUT2D eigenvalue weighted by molar-refractivity contribution is 5.71. The number of nitrogens with zero attached hydrogens (tertiary/aromatic N) is 1. The number of hydrogen-bond acceptors (Lipinski definition) is 4. The monoisotopic (exact) mass is 217 g/mol. The van der Waals surface area contributed by atoms with Crippen LogP contribution in [0.4, 0.5) is 0 Å². The summed E-state index contributed by atoms with van der Waals surface area (Å²) in [4.78, 5) is 12.9. The molecule has 1 rings (SSSR count). The van der Waals surface area contributed by atoms with Crippen LogP contribution in [0.1, 0.15) is 6.92 Å². The third-order valence-electron chi connectivity index (χ3n) is 2.88. The van der Waals surface area contributed by atoms with Gasteiger partial charge in [-0.1, -0.05) is 0 Å². The van der Waals surface area contributed by atoms with Gasteiger partial charge in [0.1, 0.15) is 0 Å². The fraction of sp³-hybridized carbons (Fsp3) is 0.900. The van der Waals surface area contributed by atoms with Gasteiger partial charge >= 0.3 is 5.97 Å². The van der Waals surface area contributed by atoms with E-state index in [-0.39, 0.29) is 12.1 Å². The summed E-state index contributed by atoms with van der Waals surface area (Å²) in [6.45, 7) is 3.48. The van der Waals surface area contributed by atoms with Crippen LogP contribution in [-0.4, -0.2) is 62.0 Å². The predicted molar refractivity (Wildman–Crippen MR) is 54.8 cm³/mol. The minimum atomic E-state index is -0.783. The van der Waals surface area contributed by atoms with Crippen LogP contribution in [0.2, 0.25) is 0 Å². The van der Waals surface area contributed by atoms with Gasteiger partial charge in [0.15, 0.2) is 0 Å². The average Bonchev–Trinajstić information content (AvgIpc) is 2.65. The van der Waals surface area contributed by atoms with Crippen LogP contribution in [-0.2, 0) is 14.3 Å². The van der Waals surface area contributed by atoms with Gasteiger partial charge in [-0.3, -0.25) is 9.69 Å². The van der Waals surface area contributed by atoms with Gasteiger partial charge in [0, 0.05) is 19.7 Å². The highest BCUT2D eigenvalue weighted by Crippen LogP contribution is 2.19. The molecule has 15 heavy (non-hydrogen) atoms. The molecule has 0 bridgehead atoms. The molecule has 1 N–H and O–H groups in total. The van der Waals surface area contributed by atoms with Crippen LogP contribution >= 0.6 is 0 Å². The van der Waals surface area contributed by atoms with Crippen molar-refractivity contribution in [2.24, 2.45) is 5.92 Å². The Morgan fingerprint density at radius 2 is 2.33 bits per heavy atom. The smallest absolute Gasteiger partial charge is 0.310 e. The van der Waals surface area contributed by atoms with Crippen molar-refractivity contribution in [3.05, 3.63) is 0 Å². The molecule has 0 radical (unpaired) electrons. The lowest BCUT2D eigenvalue weighted by molar-refractivity contribution is -0.143. The van der Waals surface area contributed by atoms with Crippen LogP contribution in [0.25, 0.3) is 0 Å². The second-order valence-electron chi connectivity index (χ2n) is 4.04. The highest BCUT2D eigenvalue weighted by Gasteiger charge is 2.36. The molecule has 0 saturated carbocycles. The van der Waals surface area contributed by atoms with Crippen molar-refractivity contribution in [2.45, 2.75) is 19.1 Å². The number of carbonyl (C=O) groups is 1. The molecule has 5 nitrogen and oxygen atoms in total. The van der Waals surface area contributed by atoms with E-state index in [4.69, 9.17) is 14.6 Å². The molecule has 1 aliphatic heterocycles. The van der Waals surface area contributed by atoms with Crippen molar-refractivity contribution in [3.63, 3.8) is 0 Å². The van der Waals surface area contributed by atoms with Crippen molar-refractivity contribution in [3.8, 4) is 0 Å². The van der Waals surface area contributed by atoms with Crippen molar-refractivity contribution < 1.29 is 19.4 Å². The first-order chi connectivity index (χ1) is 7.06. The standard InChI is InChI=1S/C10H19NO4/c1-7(14-3)4-11(2)9-6-15-5-8(9)10(12)13/h7-9H,4-6H2,1-3H3,(H,12,13). The molecular weight excluding hydrogens is 198 g/mol. The van der Waals surface area contributed by atoms with Gasteiger partial charge in [-0.2, -0.15) is 0 Å². The van der Waals surface area contributed by atoms with E-state index in [2.05, 4.69) is 0 Å². The maximum absolute atomic E-state index is 10.9. The van der Waals surface area contributed by atoms with Crippen molar-refractivity contribution in [1.29, 1.82) is 0 Å². The van der Waals surface area contributed by atoms with Crippen molar-refractivity contribution >= 4 is 5.97 Å². The maximum atomic E-state index is 10.9. The van der Waals surface area contributed by atoms with Crippen molar-refractivity contribution in [2.75, 3.05) is 33.9 Å². The molecule has 0 aliphatic carbocycles. The van der Waals surface area contributed by atoms with E-state index in [1.807, 2.05) is 18.9 Å². The predicted octanol–water partition coefficient (Wildman–Crippen LogP) is 0.0527. The largest absolute Gasteiger partial charge is 0.481 e. The van der Waals surface area contributed by atoms with Crippen LogP contribution in [0.3, 0.4) is 0 Å². The van der Waals surface area contributed by atoms with Crippen LogP contribution in [0, 0.1) is 5.92 Å². The summed E-state index contributed by atoms with van der Waals surface area (Å²) in [7, 11) is 3.56. The first-order valence-electron chi connectivity index (χ1n) is 5.09. The van der Waals surface area contributed by atoms with E-state index in [9.17, 15) is 4.79 Å². The van der Waals surface area contributed by atoms with E-state index >= 15 is 0 Å². The molecule has 0 amide bonds. The lowest BCUT2D eigenvalue weighted by atomic mass is 10.0. The molecular formula is C10H19NO4. The zero-order valence-electron chi connectivity index (χ0n) is 9.47. The molecule has 1 heterocycles. The minimum Gasteiger partial charge on any atom is -0.481 e. The first-order valence-corrected chi connectivity index (χ1v) is 5.09. The molecule has 5 heteroatoms. The van der Waals surface area contributed by atoms with Crippen LogP contribution in [0.5, 0.6) is 0 Å². The Labute approximate surface area is 90.0 Å². The highest BCUT2D eigenvalue weighted by atomic mass is 16.5. The first kappa shape index (κ1) is 12.4. The summed E-state index contributed by atoms with van der Waals surface area (Å²) in [5.74, 6) is -1.20. The number of likely N-dealkylation sites (N-methyl/N-ethyl adjacent to an activating group) is 1. The number of aliphatic carboxylic acids is 1. The van der Waals surface area contributed by atoms with E-state index in [1.54, 1.807) is 7.11 Å². The molecule has 0 aromatic rings. The van der Waals surface area contributed by atoms with Gasteiger partial charge < -0.3 is 14.6 Å². The Morgan fingerprint density at radius 1 is 1.67 bits per heavy atom. The van der Waals surface area contributed by atoms with Crippen LogP contribution < -0.4 is 0 Å². The van der Waals surface area contributed by atoms with E-state index < -0.39 is 11.9 Å². The minimum absolute atomic E-state index is 0.0416. The molecule has 3 unspecified atom stereocenters. The Hall–Kier alpha value is -0.650. The van der Waals surface area contributed by atoms with E-state index in [1.165, 1.54) is 0 Å². The van der Waals surface area contributed by atoms with Gasteiger partial charge in [0.25, 0.3) is 0 Å². The molecule has 0 spiro atoms. The Bertz CT molecular complexity index is 221. The molecule has 0 aromatic heterocycles. The quantitative estimate of drug-likeness (QED) is 0.705. The summed E-state index contributed by atoms with van der Waals surface area (Å²) in [5.41, 5.74) is 0. The van der Waals surface area contributed by atoms with Gasteiger partial charge in [-0.05, 0) is 14.0 Å². The molecule has 0 aromatic carbocycles. The normalized spacial score (nSPS) is 28.3. The summed E-state index contributed by atoms with van der Waals surface area (Å²) in [5, 5.41) is 8.99. The molecule has 3 atom stereocenters. The van der Waals surface area contributed by atoms with Crippen LogP contribution in [0.15, 0.2) is 0 Å². The molecule has 88 valence electrons. The Kier molecular flexibility index (Phi) is 4.50. The molecule has 1 fully saturated rings. The fourth-order valence-corrected chi connectivity index (χ4v) is 1.83. The van der Waals surface area contributed by atoms with E-state index in [0.717, 1.165) is 0 Å². The number of rotatable bonds is 5. The number of ether oxygens (including phenoxy) is 2. The van der Waals surface area contributed by atoms with Gasteiger partial charge in [-0.15, -0.1) is 0 Å². The van der Waals surface area contributed by atoms with Gasteiger partial charge in [0.05, 0.1) is 25.2 Å². The third-order valence-corrected chi connectivity index (χ3v) is 2.88. The lowest BCUT2D eigenvalue weighted by Crippen LogP contribution is -2.43. The summed E-state index contributed by atoms with van der Waals surface area (Å²) in [6, 6.07) is -0.0416. The maximum Gasteiger partial charge on any atom is 0.310 e. The summed E-state index contributed by atoms with van der Waals surface area (Å²) in [6.07, 6.45) is 0.102. The zero-order chi connectivity index (χ0) is 11.4. The number of methoxy groups -OCH3 is 1. The third kappa shape index (κ3) is 3.15. The average molecular weight is 217 g/mol. The summed E-state index contributed by atoms with van der Waals surface area (Å²) >= 11 is 0. The van der Waals surface area contributed by atoms with Gasteiger partial charge in [0.2, 0.25) is 0 Å². The van der Waals surface area contributed by atoms with E-state index in [0.29, 0.717) is 19.8 Å².